The van der Waals surface area contributed by atoms with Gasteiger partial charge in [-0.25, -0.2) is 0 Å². The number of carbonyl (C=O) groups is 1. The molecule has 0 N–H and O–H groups in total. The third kappa shape index (κ3) is 1.45. The van der Waals surface area contributed by atoms with E-state index in [4.69, 9.17) is 0 Å². The van der Waals surface area contributed by atoms with Gasteiger partial charge in [-0.1, -0.05) is 12.2 Å². The fourth-order valence-corrected chi connectivity index (χ4v) is 2.63. The monoisotopic (exact) mass is 164 g/mol. The molecule has 0 saturated heterocycles. The van der Waals surface area contributed by atoms with Crippen molar-refractivity contribution in [2.75, 3.05) is 0 Å². The van der Waals surface area contributed by atoms with Gasteiger partial charge in [-0.3, -0.25) is 4.79 Å². The van der Waals surface area contributed by atoms with Crippen LogP contribution in [0.2, 0.25) is 0 Å². The number of Topliss-reactive ketones (excluding diaryl/α,β-unsaturated/α-hetero) is 1. The second-order valence-electron chi connectivity index (χ2n) is 4.30. The van der Waals surface area contributed by atoms with Crippen molar-refractivity contribution in [3.8, 4) is 0 Å². The van der Waals surface area contributed by atoms with E-state index in [1.165, 1.54) is 12.8 Å². The highest BCUT2D eigenvalue weighted by molar-refractivity contribution is 5.78. The average Bonchev–Trinajstić information content (AvgIpc) is 2.03. The maximum absolute atomic E-state index is 11.2. The maximum atomic E-state index is 11.2. The van der Waals surface area contributed by atoms with Gasteiger partial charge < -0.3 is 0 Å². The van der Waals surface area contributed by atoms with Gasteiger partial charge in [0.15, 0.2) is 0 Å². The Hall–Kier alpha value is -0.590. The first-order chi connectivity index (χ1) is 5.75. The summed E-state index contributed by atoms with van der Waals surface area (Å²) in [5.74, 6) is 2.30. The molecule has 2 rings (SSSR count). The van der Waals surface area contributed by atoms with Crippen LogP contribution in [-0.2, 0) is 4.79 Å². The van der Waals surface area contributed by atoms with Gasteiger partial charge in [0.05, 0.1) is 0 Å². The number of hydrogen-bond donors (Lipinski definition) is 0. The van der Waals surface area contributed by atoms with Gasteiger partial charge in [0, 0.05) is 5.92 Å². The van der Waals surface area contributed by atoms with Gasteiger partial charge in [-0.15, -0.1) is 0 Å². The first kappa shape index (κ1) is 8.03. The van der Waals surface area contributed by atoms with Gasteiger partial charge >= 0.3 is 0 Å². The van der Waals surface area contributed by atoms with Crippen molar-refractivity contribution in [3.63, 3.8) is 0 Å². The van der Waals surface area contributed by atoms with E-state index in [0.29, 0.717) is 17.6 Å². The summed E-state index contributed by atoms with van der Waals surface area (Å²) in [6, 6.07) is 0. The van der Waals surface area contributed by atoms with E-state index in [1.54, 1.807) is 6.92 Å². The Bertz CT molecular complexity index is 217. The molecule has 0 aromatic rings. The van der Waals surface area contributed by atoms with Crippen molar-refractivity contribution in [2.24, 2.45) is 17.8 Å². The Morgan fingerprint density at radius 2 is 2.17 bits per heavy atom. The summed E-state index contributed by atoms with van der Waals surface area (Å²) in [6.07, 6.45) is 9.42. The summed E-state index contributed by atoms with van der Waals surface area (Å²) in [5, 5.41) is 0. The molecule has 0 radical (unpaired) electrons. The minimum atomic E-state index is 0.374. The average molecular weight is 164 g/mol. The second-order valence-corrected chi connectivity index (χ2v) is 4.30. The predicted molar refractivity (Wildman–Crippen MR) is 48.8 cm³/mol. The van der Waals surface area contributed by atoms with Crippen LogP contribution in [0.15, 0.2) is 12.2 Å². The fraction of sp³-hybridized carbons (Fsp3) is 0.727. The van der Waals surface area contributed by atoms with E-state index in [1.807, 2.05) is 0 Å². The number of fused-ring (bicyclic) bond motifs is 2. The minimum Gasteiger partial charge on any atom is -0.300 e. The van der Waals surface area contributed by atoms with Crippen molar-refractivity contribution in [1.82, 2.24) is 0 Å². The molecule has 3 atom stereocenters. The van der Waals surface area contributed by atoms with Crippen LogP contribution in [0.1, 0.15) is 32.6 Å². The predicted octanol–water partition coefficient (Wildman–Crippen LogP) is 2.57. The number of rotatable bonds is 1. The van der Waals surface area contributed by atoms with Crippen LogP contribution in [0.3, 0.4) is 0 Å². The third-order valence-corrected chi connectivity index (χ3v) is 3.29. The lowest BCUT2D eigenvalue weighted by molar-refractivity contribution is -0.122. The van der Waals surface area contributed by atoms with Gasteiger partial charge in [-0.2, -0.15) is 0 Å². The zero-order chi connectivity index (χ0) is 8.55. The molecule has 1 heteroatoms. The molecule has 1 saturated carbocycles. The molecule has 0 aliphatic heterocycles. The van der Waals surface area contributed by atoms with Crippen LogP contribution in [0, 0.1) is 17.8 Å². The van der Waals surface area contributed by atoms with Gasteiger partial charge in [0.1, 0.15) is 5.78 Å². The van der Waals surface area contributed by atoms with Crippen LogP contribution >= 0.6 is 0 Å². The second kappa shape index (κ2) is 3.04. The van der Waals surface area contributed by atoms with Gasteiger partial charge in [0.2, 0.25) is 0 Å². The number of hydrogen-bond acceptors (Lipinski definition) is 1. The molecule has 2 aliphatic carbocycles. The largest absolute Gasteiger partial charge is 0.300 e. The highest BCUT2D eigenvalue weighted by Crippen LogP contribution is 2.39. The Morgan fingerprint density at radius 1 is 1.33 bits per heavy atom. The van der Waals surface area contributed by atoms with Crippen molar-refractivity contribution in [3.05, 3.63) is 12.2 Å². The summed E-state index contributed by atoms with van der Waals surface area (Å²) in [4.78, 5) is 11.2. The number of allylic oxidation sites excluding steroid dienone is 2. The van der Waals surface area contributed by atoms with Crippen molar-refractivity contribution < 1.29 is 4.79 Å². The van der Waals surface area contributed by atoms with Crippen molar-refractivity contribution in [2.45, 2.75) is 32.6 Å². The van der Waals surface area contributed by atoms with E-state index in [0.717, 1.165) is 18.8 Å². The molecule has 0 amide bonds. The lowest BCUT2D eigenvalue weighted by atomic mass is 9.70. The SMILES string of the molecule is CC(=O)C1CC2C=CCC(C2)C1. The summed E-state index contributed by atoms with van der Waals surface area (Å²) < 4.78 is 0. The van der Waals surface area contributed by atoms with E-state index >= 15 is 0 Å². The quantitative estimate of drug-likeness (QED) is 0.544. The summed E-state index contributed by atoms with van der Waals surface area (Å²) in [6.45, 7) is 1.75. The smallest absolute Gasteiger partial charge is 0.132 e. The molecule has 12 heavy (non-hydrogen) atoms. The molecule has 1 nitrogen and oxygen atoms in total. The van der Waals surface area contributed by atoms with Crippen LogP contribution < -0.4 is 0 Å². The lowest BCUT2D eigenvalue weighted by Gasteiger charge is -2.34. The standard InChI is InChI=1S/C11H16O/c1-8(12)11-6-9-3-2-4-10(5-9)7-11/h2-3,9-11H,4-7H2,1H3. The molecular formula is C11H16O. The Labute approximate surface area is 73.8 Å². The third-order valence-electron chi connectivity index (χ3n) is 3.29. The van der Waals surface area contributed by atoms with E-state index in [2.05, 4.69) is 12.2 Å². The molecule has 0 aromatic heterocycles. The molecule has 0 spiro atoms. The number of carbonyl (C=O) groups excluding carboxylic acids is 1. The summed E-state index contributed by atoms with van der Waals surface area (Å²) >= 11 is 0. The van der Waals surface area contributed by atoms with Crippen LogP contribution in [-0.4, -0.2) is 5.78 Å². The highest BCUT2D eigenvalue weighted by Gasteiger charge is 2.31. The zero-order valence-corrected chi connectivity index (χ0v) is 7.62. The van der Waals surface area contributed by atoms with E-state index in [9.17, 15) is 4.79 Å². The molecule has 2 aliphatic rings. The molecule has 3 unspecified atom stereocenters. The number of ketones is 1. The van der Waals surface area contributed by atoms with Gasteiger partial charge in [0.25, 0.3) is 0 Å². The lowest BCUT2D eigenvalue weighted by Crippen LogP contribution is -2.27. The molecule has 1 fully saturated rings. The fourth-order valence-electron chi connectivity index (χ4n) is 2.63. The first-order valence-corrected chi connectivity index (χ1v) is 4.93. The van der Waals surface area contributed by atoms with Crippen LogP contribution in [0.25, 0.3) is 0 Å². The molecule has 2 bridgehead atoms. The minimum absolute atomic E-state index is 0.374. The Balaban J connectivity index is 2.07. The normalized spacial score (nSPS) is 39.6. The first-order valence-electron chi connectivity index (χ1n) is 4.93. The van der Waals surface area contributed by atoms with Crippen LogP contribution in [0.5, 0.6) is 0 Å². The van der Waals surface area contributed by atoms with E-state index in [-0.39, 0.29) is 0 Å². The van der Waals surface area contributed by atoms with Crippen LogP contribution in [0.4, 0.5) is 0 Å². The maximum Gasteiger partial charge on any atom is 0.132 e. The van der Waals surface area contributed by atoms with Crippen molar-refractivity contribution in [1.29, 1.82) is 0 Å². The summed E-state index contributed by atoms with van der Waals surface area (Å²) in [7, 11) is 0. The highest BCUT2D eigenvalue weighted by atomic mass is 16.1. The Morgan fingerprint density at radius 3 is 2.83 bits per heavy atom. The molecule has 0 heterocycles. The molecule has 0 aromatic carbocycles. The van der Waals surface area contributed by atoms with Gasteiger partial charge in [-0.05, 0) is 44.4 Å². The molecule has 66 valence electrons. The Kier molecular flexibility index (Phi) is 2.03. The topological polar surface area (TPSA) is 17.1 Å². The zero-order valence-electron chi connectivity index (χ0n) is 7.62. The van der Waals surface area contributed by atoms with E-state index < -0.39 is 0 Å². The van der Waals surface area contributed by atoms with Crippen molar-refractivity contribution >= 4 is 5.78 Å². The molecular weight excluding hydrogens is 148 g/mol. The summed E-state index contributed by atoms with van der Waals surface area (Å²) in [5.41, 5.74) is 0.